The van der Waals surface area contributed by atoms with E-state index in [4.69, 9.17) is 14.2 Å². The number of esters is 1. The fourth-order valence-corrected chi connectivity index (χ4v) is 4.20. The normalized spacial score (nSPS) is 13.6. The van der Waals surface area contributed by atoms with Gasteiger partial charge in [0, 0.05) is 0 Å². The van der Waals surface area contributed by atoms with Gasteiger partial charge >= 0.3 is 5.97 Å². The molecule has 1 atom stereocenters. The summed E-state index contributed by atoms with van der Waals surface area (Å²) in [5.41, 5.74) is 3.88. The van der Waals surface area contributed by atoms with E-state index >= 15 is 0 Å². The van der Waals surface area contributed by atoms with Crippen molar-refractivity contribution in [2.45, 2.75) is 32.2 Å². The topological polar surface area (TPSA) is 65.1 Å². The molecule has 0 saturated heterocycles. The van der Waals surface area contributed by atoms with Gasteiger partial charge in [-0.25, -0.2) is 0 Å². The highest BCUT2D eigenvalue weighted by Crippen LogP contribution is 2.36. The molecular weight excluding hydrogens is 430 g/mol. The second-order valence-corrected chi connectivity index (χ2v) is 8.24. The highest BCUT2D eigenvalue weighted by atomic mass is 16.5. The molecule has 1 aliphatic heterocycles. The molecule has 1 aliphatic rings. The minimum absolute atomic E-state index is 0.00243. The molecule has 0 aromatic heterocycles. The van der Waals surface area contributed by atoms with E-state index in [0.29, 0.717) is 31.7 Å². The fourth-order valence-electron chi connectivity index (χ4n) is 4.20. The number of carbonyl (C=O) groups is 2. The first-order valence-electron chi connectivity index (χ1n) is 11.5. The lowest BCUT2D eigenvalue weighted by atomic mass is 9.89. The number of amides is 1. The highest BCUT2D eigenvalue weighted by Gasteiger charge is 2.26. The Morgan fingerprint density at radius 2 is 1.76 bits per heavy atom. The maximum Gasteiger partial charge on any atom is 0.306 e. The SMILES string of the molecule is CCOC(=O)CC(Cc1ccc2c(c1)OCC(=O)N2Cc1ccc(OC)cc1)c1ccccc1. The number of hydrogen-bond donors (Lipinski definition) is 0. The Kier molecular flexibility index (Phi) is 7.48. The van der Waals surface area contributed by atoms with Crippen LogP contribution in [0.25, 0.3) is 0 Å². The molecule has 0 saturated carbocycles. The maximum atomic E-state index is 12.6. The number of hydrogen-bond acceptors (Lipinski definition) is 5. The van der Waals surface area contributed by atoms with Crippen LogP contribution in [0.2, 0.25) is 0 Å². The Bertz CT molecular complexity index is 1130. The molecule has 0 fully saturated rings. The van der Waals surface area contributed by atoms with Crippen molar-refractivity contribution in [1.29, 1.82) is 0 Å². The number of carbonyl (C=O) groups excluding carboxylic acids is 2. The van der Waals surface area contributed by atoms with Crippen LogP contribution in [-0.4, -0.2) is 32.2 Å². The van der Waals surface area contributed by atoms with Gasteiger partial charge < -0.3 is 19.1 Å². The van der Waals surface area contributed by atoms with Gasteiger partial charge in [-0.05, 0) is 60.2 Å². The zero-order valence-corrected chi connectivity index (χ0v) is 19.5. The Morgan fingerprint density at radius 3 is 2.47 bits per heavy atom. The van der Waals surface area contributed by atoms with Gasteiger partial charge in [0.25, 0.3) is 5.91 Å². The van der Waals surface area contributed by atoms with Gasteiger partial charge in [0.1, 0.15) is 11.5 Å². The Labute approximate surface area is 200 Å². The first-order chi connectivity index (χ1) is 16.6. The van der Waals surface area contributed by atoms with Crippen LogP contribution in [0.15, 0.2) is 72.8 Å². The number of benzene rings is 3. The Balaban J connectivity index is 1.55. The third-order valence-electron chi connectivity index (χ3n) is 5.94. The minimum Gasteiger partial charge on any atom is -0.497 e. The molecule has 0 spiro atoms. The molecule has 0 N–H and O–H groups in total. The third-order valence-corrected chi connectivity index (χ3v) is 5.94. The number of rotatable bonds is 9. The van der Waals surface area contributed by atoms with Crippen molar-refractivity contribution in [3.63, 3.8) is 0 Å². The minimum atomic E-state index is -0.207. The first-order valence-corrected chi connectivity index (χ1v) is 11.5. The van der Waals surface area contributed by atoms with Crippen LogP contribution in [0.1, 0.15) is 36.0 Å². The molecule has 3 aromatic rings. The number of anilines is 1. The zero-order valence-electron chi connectivity index (χ0n) is 19.5. The lowest BCUT2D eigenvalue weighted by molar-refractivity contribution is -0.143. The summed E-state index contributed by atoms with van der Waals surface area (Å²) in [7, 11) is 1.63. The molecule has 1 unspecified atom stereocenters. The molecule has 6 nitrogen and oxygen atoms in total. The maximum absolute atomic E-state index is 12.6. The second kappa shape index (κ2) is 10.9. The monoisotopic (exact) mass is 459 g/mol. The first kappa shape index (κ1) is 23.4. The predicted molar refractivity (Wildman–Crippen MR) is 130 cm³/mol. The van der Waals surface area contributed by atoms with E-state index in [-0.39, 0.29) is 24.4 Å². The van der Waals surface area contributed by atoms with Crippen LogP contribution in [0.5, 0.6) is 11.5 Å². The summed E-state index contributed by atoms with van der Waals surface area (Å²) in [5, 5.41) is 0. The lowest BCUT2D eigenvalue weighted by Crippen LogP contribution is -2.38. The number of ether oxygens (including phenoxy) is 3. The van der Waals surface area contributed by atoms with Crippen molar-refractivity contribution in [1.82, 2.24) is 0 Å². The van der Waals surface area contributed by atoms with Crippen molar-refractivity contribution < 1.29 is 23.8 Å². The average Bonchev–Trinajstić information content (AvgIpc) is 2.86. The molecule has 1 heterocycles. The van der Waals surface area contributed by atoms with E-state index in [1.165, 1.54) is 0 Å². The van der Waals surface area contributed by atoms with E-state index in [1.807, 2.05) is 79.7 Å². The van der Waals surface area contributed by atoms with Gasteiger partial charge in [0.15, 0.2) is 6.61 Å². The van der Waals surface area contributed by atoms with Crippen molar-refractivity contribution >= 4 is 17.6 Å². The Hall–Kier alpha value is -3.80. The van der Waals surface area contributed by atoms with Crippen LogP contribution < -0.4 is 14.4 Å². The zero-order chi connectivity index (χ0) is 23.9. The van der Waals surface area contributed by atoms with Crippen LogP contribution in [0, 0.1) is 0 Å². The van der Waals surface area contributed by atoms with Crippen LogP contribution in [0.3, 0.4) is 0 Å². The predicted octanol–water partition coefficient (Wildman–Crippen LogP) is 4.90. The van der Waals surface area contributed by atoms with E-state index in [0.717, 1.165) is 28.1 Å². The molecule has 176 valence electrons. The smallest absolute Gasteiger partial charge is 0.306 e. The quantitative estimate of drug-likeness (QED) is 0.426. The summed E-state index contributed by atoms with van der Waals surface area (Å²) >= 11 is 0. The molecule has 4 rings (SSSR count). The summed E-state index contributed by atoms with van der Waals surface area (Å²) in [5.74, 6) is 1.15. The number of fused-ring (bicyclic) bond motifs is 1. The van der Waals surface area contributed by atoms with E-state index in [9.17, 15) is 9.59 Å². The molecule has 1 amide bonds. The molecule has 6 heteroatoms. The molecule has 0 aliphatic carbocycles. The van der Waals surface area contributed by atoms with Crippen LogP contribution >= 0.6 is 0 Å². The van der Waals surface area contributed by atoms with Crippen molar-refractivity contribution in [2.24, 2.45) is 0 Å². The van der Waals surface area contributed by atoms with Gasteiger partial charge in [-0.3, -0.25) is 9.59 Å². The summed E-state index contributed by atoms with van der Waals surface area (Å²) < 4.78 is 16.2. The summed E-state index contributed by atoms with van der Waals surface area (Å²) in [6, 6.07) is 23.6. The second-order valence-electron chi connectivity index (χ2n) is 8.24. The summed E-state index contributed by atoms with van der Waals surface area (Å²) in [4.78, 5) is 26.6. The largest absolute Gasteiger partial charge is 0.497 e. The molecule has 34 heavy (non-hydrogen) atoms. The van der Waals surface area contributed by atoms with Gasteiger partial charge in [-0.15, -0.1) is 0 Å². The van der Waals surface area contributed by atoms with Crippen molar-refractivity contribution in [2.75, 3.05) is 25.2 Å². The Morgan fingerprint density at radius 1 is 1.03 bits per heavy atom. The van der Waals surface area contributed by atoms with Crippen LogP contribution in [0.4, 0.5) is 5.69 Å². The lowest BCUT2D eigenvalue weighted by Gasteiger charge is -2.30. The summed E-state index contributed by atoms with van der Waals surface area (Å²) in [6.07, 6.45) is 0.962. The van der Waals surface area contributed by atoms with Gasteiger partial charge in [-0.1, -0.05) is 48.5 Å². The summed E-state index contributed by atoms with van der Waals surface area (Å²) in [6.45, 7) is 2.63. The number of nitrogens with zero attached hydrogens (tertiary/aromatic N) is 1. The number of methoxy groups -OCH3 is 1. The van der Waals surface area contributed by atoms with Gasteiger partial charge in [0.2, 0.25) is 0 Å². The standard InChI is InChI=1S/C28H29NO5/c1-3-33-28(31)17-23(22-7-5-4-6-8-22)15-21-11-14-25-26(16-21)34-19-27(30)29(25)18-20-9-12-24(32-2)13-10-20/h4-14,16,23H,3,15,17-19H2,1-2H3. The van der Waals surface area contributed by atoms with E-state index in [1.54, 1.807) is 12.0 Å². The molecular formula is C28H29NO5. The fraction of sp³-hybridized carbons (Fsp3) is 0.286. The average molecular weight is 460 g/mol. The van der Waals surface area contributed by atoms with Crippen LogP contribution in [-0.2, 0) is 27.3 Å². The molecule has 0 bridgehead atoms. The van der Waals surface area contributed by atoms with Gasteiger partial charge in [-0.2, -0.15) is 0 Å². The highest BCUT2D eigenvalue weighted by molar-refractivity contribution is 5.97. The van der Waals surface area contributed by atoms with E-state index < -0.39 is 0 Å². The molecule has 3 aromatic carbocycles. The van der Waals surface area contributed by atoms with E-state index in [2.05, 4.69) is 0 Å². The molecule has 0 radical (unpaired) electrons. The van der Waals surface area contributed by atoms with Crippen molar-refractivity contribution in [3.05, 3.63) is 89.5 Å². The van der Waals surface area contributed by atoms with Crippen molar-refractivity contribution in [3.8, 4) is 11.5 Å². The third kappa shape index (κ3) is 5.57. The van der Waals surface area contributed by atoms with Gasteiger partial charge in [0.05, 0.1) is 32.4 Å².